The first-order valence-corrected chi connectivity index (χ1v) is 6.12. The van der Waals surface area contributed by atoms with Crippen LogP contribution in [0.2, 0.25) is 0 Å². The summed E-state index contributed by atoms with van der Waals surface area (Å²) in [5.41, 5.74) is 2.23. The maximum absolute atomic E-state index is 11.5. The van der Waals surface area contributed by atoms with E-state index in [0.29, 0.717) is 0 Å². The summed E-state index contributed by atoms with van der Waals surface area (Å²) in [6, 6.07) is -0.104. The number of rotatable bonds is 6. The number of hydrogen-bond donors (Lipinski definition) is 2. The minimum absolute atomic E-state index is 0.0913. The van der Waals surface area contributed by atoms with Gasteiger partial charge in [0.2, 0.25) is 0 Å². The van der Waals surface area contributed by atoms with Crippen molar-refractivity contribution in [3.63, 3.8) is 0 Å². The largest absolute Gasteiger partial charge is 0.302 e. The molecule has 1 atom stereocenters. The van der Waals surface area contributed by atoms with E-state index in [1.165, 1.54) is 25.9 Å². The van der Waals surface area contributed by atoms with E-state index in [1.54, 1.807) is 0 Å². The molecule has 0 bridgehead atoms. The van der Waals surface area contributed by atoms with E-state index < -0.39 is 0 Å². The molecule has 0 aromatic rings. The van der Waals surface area contributed by atoms with Crippen LogP contribution in [0, 0.1) is 0 Å². The summed E-state index contributed by atoms with van der Waals surface area (Å²) in [5, 5.41) is 0. The molecule has 0 aromatic carbocycles. The van der Waals surface area contributed by atoms with E-state index in [-0.39, 0.29) is 11.9 Å². The average Bonchev–Trinajstić information content (AvgIpc) is 2.79. The molecular weight excluding hydrogens is 204 g/mol. The van der Waals surface area contributed by atoms with Crippen LogP contribution in [0.4, 0.5) is 0 Å². The van der Waals surface area contributed by atoms with Crippen molar-refractivity contribution in [2.45, 2.75) is 32.2 Å². The molecule has 0 radical (unpaired) electrons. The Labute approximate surface area is 97.9 Å². The molecule has 1 amide bonds. The lowest BCUT2D eigenvalue weighted by atomic mass is 10.2. The van der Waals surface area contributed by atoms with Gasteiger partial charge in [0, 0.05) is 13.1 Å². The second-order valence-electron chi connectivity index (χ2n) is 4.46. The standard InChI is InChI=1S/C11H24N4O/c1-3-10(11(16)13-12)14(2)8-9-15-6-4-5-7-15/h10H,3-9,12H2,1-2H3,(H,13,16). The number of nitrogens with zero attached hydrogens (tertiary/aromatic N) is 2. The van der Waals surface area contributed by atoms with Gasteiger partial charge >= 0.3 is 0 Å². The second kappa shape index (κ2) is 6.83. The van der Waals surface area contributed by atoms with E-state index in [4.69, 9.17) is 5.84 Å². The molecule has 1 rings (SSSR count). The second-order valence-corrected chi connectivity index (χ2v) is 4.46. The first-order chi connectivity index (χ1) is 7.69. The number of amides is 1. The summed E-state index contributed by atoms with van der Waals surface area (Å²) >= 11 is 0. The number of nitrogens with one attached hydrogen (secondary N) is 1. The summed E-state index contributed by atoms with van der Waals surface area (Å²) in [6.45, 7) is 6.38. The molecule has 16 heavy (non-hydrogen) atoms. The van der Waals surface area contributed by atoms with Gasteiger partial charge in [-0.15, -0.1) is 0 Å². The van der Waals surface area contributed by atoms with Crippen LogP contribution in [-0.2, 0) is 4.79 Å². The van der Waals surface area contributed by atoms with Gasteiger partial charge in [0.05, 0.1) is 6.04 Å². The number of hydrogen-bond acceptors (Lipinski definition) is 4. The van der Waals surface area contributed by atoms with Crippen molar-refractivity contribution in [2.75, 3.05) is 33.2 Å². The van der Waals surface area contributed by atoms with Crippen molar-refractivity contribution >= 4 is 5.91 Å². The fraction of sp³-hybridized carbons (Fsp3) is 0.909. The zero-order valence-electron chi connectivity index (χ0n) is 10.4. The van der Waals surface area contributed by atoms with Crippen LogP contribution in [0.15, 0.2) is 0 Å². The fourth-order valence-electron chi connectivity index (χ4n) is 2.25. The van der Waals surface area contributed by atoms with E-state index in [2.05, 4.69) is 15.2 Å². The van der Waals surface area contributed by atoms with Crippen LogP contribution in [0.25, 0.3) is 0 Å². The molecule has 1 fully saturated rings. The van der Waals surface area contributed by atoms with Gasteiger partial charge in [0.15, 0.2) is 0 Å². The summed E-state index contributed by atoms with van der Waals surface area (Å²) in [5.74, 6) is 5.08. The molecule has 1 aliphatic rings. The van der Waals surface area contributed by atoms with Crippen molar-refractivity contribution in [1.82, 2.24) is 15.2 Å². The number of carbonyl (C=O) groups is 1. The average molecular weight is 228 g/mol. The molecule has 0 aliphatic carbocycles. The van der Waals surface area contributed by atoms with Gasteiger partial charge in [-0.05, 0) is 39.4 Å². The van der Waals surface area contributed by atoms with Crippen LogP contribution in [0.3, 0.4) is 0 Å². The molecule has 1 heterocycles. The molecule has 5 nitrogen and oxygen atoms in total. The van der Waals surface area contributed by atoms with Gasteiger partial charge in [0.25, 0.3) is 5.91 Å². The van der Waals surface area contributed by atoms with Crippen LogP contribution in [0.5, 0.6) is 0 Å². The quantitative estimate of drug-likeness (QED) is 0.375. The van der Waals surface area contributed by atoms with E-state index in [9.17, 15) is 4.79 Å². The van der Waals surface area contributed by atoms with Crippen LogP contribution >= 0.6 is 0 Å². The molecule has 94 valence electrons. The highest BCUT2D eigenvalue weighted by molar-refractivity contribution is 5.80. The number of nitrogens with two attached hydrogens (primary N) is 1. The predicted molar refractivity (Wildman–Crippen MR) is 64.7 cm³/mol. The highest BCUT2D eigenvalue weighted by Gasteiger charge is 2.21. The van der Waals surface area contributed by atoms with E-state index >= 15 is 0 Å². The Hall–Kier alpha value is -0.650. The third kappa shape index (κ3) is 3.73. The first kappa shape index (κ1) is 13.4. The van der Waals surface area contributed by atoms with E-state index in [0.717, 1.165) is 19.5 Å². The van der Waals surface area contributed by atoms with Crippen molar-refractivity contribution in [3.8, 4) is 0 Å². The van der Waals surface area contributed by atoms with Crippen LogP contribution in [-0.4, -0.2) is 55.0 Å². The van der Waals surface area contributed by atoms with Crippen molar-refractivity contribution in [3.05, 3.63) is 0 Å². The zero-order chi connectivity index (χ0) is 12.0. The minimum atomic E-state index is -0.104. The normalized spacial score (nSPS) is 19.0. The van der Waals surface area contributed by atoms with Gasteiger partial charge in [-0.25, -0.2) is 5.84 Å². The lowest BCUT2D eigenvalue weighted by Gasteiger charge is -2.27. The van der Waals surface area contributed by atoms with Gasteiger partial charge in [-0.2, -0.15) is 0 Å². The van der Waals surface area contributed by atoms with Gasteiger partial charge in [-0.3, -0.25) is 15.1 Å². The summed E-state index contributed by atoms with van der Waals surface area (Å²) in [6.07, 6.45) is 3.41. The molecule has 0 saturated carbocycles. The fourth-order valence-corrected chi connectivity index (χ4v) is 2.25. The Morgan fingerprint density at radius 1 is 1.50 bits per heavy atom. The maximum atomic E-state index is 11.5. The number of likely N-dealkylation sites (N-methyl/N-ethyl adjacent to an activating group) is 1. The highest BCUT2D eigenvalue weighted by Crippen LogP contribution is 2.08. The number of hydrazine groups is 1. The molecule has 3 N–H and O–H groups in total. The smallest absolute Gasteiger partial charge is 0.251 e. The van der Waals surface area contributed by atoms with Gasteiger partial charge in [-0.1, -0.05) is 6.92 Å². The molecular formula is C11H24N4O. The summed E-state index contributed by atoms with van der Waals surface area (Å²) < 4.78 is 0. The number of likely N-dealkylation sites (tertiary alicyclic amines) is 1. The number of carbonyl (C=O) groups excluding carboxylic acids is 1. The lowest BCUT2D eigenvalue weighted by molar-refractivity contribution is -0.126. The zero-order valence-corrected chi connectivity index (χ0v) is 10.4. The highest BCUT2D eigenvalue weighted by atomic mass is 16.2. The Balaban J connectivity index is 2.30. The molecule has 0 aromatic heterocycles. The Bertz CT molecular complexity index is 216. The van der Waals surface area contributed by atoms with Crippen LogP contribution < -0.4 is 11.3 Å². The maximum Gasteiger partial charge on any atom is 0.251 e. The Morgan fingerprint density at radius 2 is 2.12 bits per heavy atom. The lowest BCUT2D eigenvalue weighted by Crippen LogP contribution is -2.49. The first-order valence-electron chi connectivity index (χ1n) is 6.12. The third-order valence-electron chi connectivity index (χ3n) is 3.33. The SMILES string of the molecule is CCC(C(=O)NN)N(C)CCN1CCCC1. The van der Waals surface area contributed by atoms with Crippen molar-refractivity contribution in [2.24, 2.45) is 5.84 Å². The van der Waals surface area contributed by atoms with Gasteiger partial charge in [0.1, 0.15) is 0 Å². The molecule has 1 unspecified atom stereocenters. The summed E-state index contributed by atoms with van der Waals surface area (Å²) in [7, 11) is 1.99. The molecule has 0 spiro atoms. The molecule has 1 aliphatic heterocycles. The third-order valence-corrected chi connectivity index (χ3v) is 3.33. The predicted octanol–water partition coefficient (Wildman–Crippen LogP) is -0.217. The Kier molecular flexibility index (Phi) is 5.73. The van der Waals surface area contributed by atoms with Crippen molar-refractivity contribution < 1.29 is 4.79 Å². The summed E-state index contributed by atoms with van der Waals surface area (Å²) in [4.78, 5) is 16.0. The minimum Gasteiger partial charge on any atom is -0.302 e. The van der Waals surface area contributed by atoms with Gasteiger partial charge < -0.3 is 4.90 Å². The topological polar surface area (TPSA) is 61.6 Å². The van der Waals surface area contributed by atoms with Crippen molar-refractivity contribution in [1.29, 1.82) is 0 Å². The van der Waals surface area contributed by atoms with Crippen LogP contribution in [0.1, 0.15) is 26.2 Å². The molecule has 5 heteroatoms. The van der Waals surface area contributed by atoms with E-state index in [1.807, 2.05) is 14.0 Å². The Morgan fingerprint density at radius 3 is 2.62 bits per heavy atom. The monoisotopic (exact) mass is 228 g/mol. The molecule has 1 saturated heterocycles.